The molecule has 0 unspecified atom stereocenters. The van der Waals surface area contributed by atoms with Gasteiger partial charge in [0.15, 0.2) is 5.69 Å². The molecule has 0 saturated carbocycles. The molecular weight excluding hydrogens is 375 g/mol. The van der Waals surface area contributed by atoms with Gasteiger partial charge in [0.2, 0.25) is 5.82 Å². The van der Waals surface area contributed by atoms with Crippen molar-refractivity contribution in [3.05, 3.63) is 77.6 Å². The van der Waals surface area contributed by atoms with E-state index in [4.69, 9.17) is 4.52 Å². The Morgan fingerprint density at radius 3 is 2.55 bits per heavy atom. The number of benzene rings is 2. The number of anilines is 1. The molecule has 9 heteroatoms. The third kappa shape index (κ3) is 4.34. The van der Waals surface area contributed by atoms with Crippen LogP contribution in [0.15, 0.2) is 59.3 Å². The number of halogens is 1. The van der Waals surface area contributed by atoms with E-state index in [2.05, 4.69) is 32.7 Å². The lowest BCUT2D eigenvalue weighted by molar-refractivity contribution is 0.0981. The second-order valence-electron chi connectivity index (χ2n) is 6.36. The van der Waals surface area contributed by atoms with Crippen molar-refractivity contribution in [2.45, 2.75) is 19.9 Å². The molecule has 29 heavy (non-hydrogen) atoms. The molecule has 1 N–H and O–H groups in total. The Hall–Kier alpha value is -3.88. The summed E-state index contributed by atoms with van der Waals surface area (Å²) < 4.78 is 19.6. The van der Waals surface area contributed by atoms with Crippen LogP contribution in [-0.2, 0) is 13.0 Å². The minimum Gasteiger partial charge on any atom is -0.328 e. The molecular formula is C20H17FN6O2. The summed E-state index contributed by atoms with van der Waals surface area (Å²) in [6.45, 7) is 2.47. The smallest absolute Gasteiger partial charge is 0.316 e. The standard InChI is InChI=1S/C20H17FN6O2/c1-2-13-5-9-16(10-6-13)22-19(28)20-23-18(25-29-20)17-12-27(26-24-17)11-14-3-7-15(21)8-4-14/h3-10,12H,2,11H2,1H3,(H,22,28). The van der Waals surface area contributed by atoms with Crippen LogP contribution in [0.2, 0.25) is 0 Å². The number of hydrogen-bond acceptors (Lipinski definition) is 6. The van der Waals surface area contributed by atoms with Gasteiger partial charge < -0.3 is 9.84 Å². The second kappa shape index (κ2) is 8.01. The zero-order valence-corrected chi connectivity index (χ0v) is 15.5. The summed E-state index contributed by atoms with van der Waals surface area (Å²) >= 11 is 0. The highest BCUT2D eigenvalue weighted by Crippen LogP contribution is 2.15. The minimum atomic E-state index is -0.508. The summed E-state index contributed by atoms with van der Waals surface area (Å²) in [5.74, 6) is -0.826. The maximum absolute atomic E-state index is 13.0. The van der Waals surface area contributed by atoms with Crippen LogP contribution in [0.1, 0.15) is 28.7 Å². The molecule has 0 saturated heterocycles. The van der Waals surface area contributed by atoms with Crippen LogP contribution in [0.5, 0.6) is 0 Å². The Bertz CT molecular complexity index is 1120. The Labute approximate surface area is 165 Å². The Morgan fingerprint density at radius 2 is 1.83 bits per heavy atom. The van der Waals surface area contributed by atoms with Gasteiger partial charge in [0.25, 0.3) is 0 Å². The van der Waals surface area contributed by atoms with Crippen LogP contribution >= 0.6 is 0 Å². The largest absolute Gasteiger partial charge is 0.328 e. The quantitative estimate of drug-likeness (QED) is 0.540. The van der Waals surface area contributed by atoms with Gasteiger partial charge in [0, 0.05) is 5.69 Å². The van der Waals surface area contributed by atoms with Gasteiger partial charge in [-0.3, -0.25) is 4.79 Å². The second-order valence-corrected chi connectivity index (χ2v) is 6.36. The first-order valence-corrected chi connectivity index (χ1v) is 8.99. The lowest BCUT2D eigenvalue weighted by atomic mass is 10.1. The number of carbonyl (C=O) groups excluding carboxylic acids is 1. The molecule has 4 rings (SSSR count). The monoisotopic (exact) mass is 392 g/mol. The van der Waals surface area contributed by atoms with Crippen molar-refractivity contribution in [2.24, 2.45) is 0 Å². The highest BCUT2D eigenvalue weighted by Gasteiger charge is 2.18. The fourth-order valence-corrected chi connectivity index (χ4v) is 2.68. The third-order valence-electron chi connectivity index (χ3n) is 4.27. The predicted molar refractivity (Wildman–Crippen MR) is 103 cm³/mol. The van der Waals surface area contributed by atoms with Crippen LogP contribution in [0.3, 0.4) is 0 Å². The van der Waals surface area contributed by atoms with Gasteiger partial charge in [0.1, 0.15) is 5.82 Å². The number of aromatic nitrogens is 5. The Morgan fingerprint density at radius 1 is 1.10 bits per heavy atom. The molecule has 2 aromatic heterocycles. The summed E-state index contributed by atoms with van der Waals surface area (Å²) in [5.41, 5.74) is 3.04. The summed E-state index contributed by atoms with van der Waals surface area (Å²) in [6.07, 6.45) is 2.54. The summed E-state index contributed by atoms with van der Waals surface area (Å²) in [7, 11) is 0. The highest BCUT2D eigenvalue weighted by molar-refractivity contribution is 6.01. The molecule has 0 aliphatic carbocycles. The van der Waals surface area contributed by atoms with Crippen LogP contribution in [-0.4, -0.2) is 31.0 Å². The fourth-order valence-electron chi connectivity index (χ4n) is 2.68. The zero-order chi connectivity index (χ0) is 20.2. The van der Waals surface area contributed by atoms with Gasteiger partial charge in [0.05, 0.1) is 12.7 Å². The van der Waals surface area contributed by atoms with E-state index in [-0.39, 0.29) is 17.5 Å². The van der Waals surface area contributed by atoms with E-state index in [1.165, 1.54) is 17.7 Å². The van der Waals surface area contributed by atoms with E-state index in [9.17, 15) is 9.18 Å². The summed E-state index contributed by atoms with van der Waals surface area (Å²) in [5, 5.41) is 14.5. The highest BCUT2D eigenvalue weighted by atomic mass is 19.1. The third-order valence-corrected chi connectivity index (χ3v) is 4.27. The molecule has 146 valence electrons. The molecule has 8 nitrogen and oxygen atoms in total. The van der Waals surface area contributed by atoms with Gasteiger partial charge in [-0.1, -0.05) is 41.6 Å². The first-order valence-electron chi connectivity index (χ1n) is 8.99. The van der Waals surface area contributed by atoms with Crippen molar-refractivity contribution in [3.8, 4) is 11.5 Å². The van der Waals surface area contributed by atoms with E-state index in [1.807, 2.05) is 24.3 Å². The van der Waals surface area contributed by atoms with Crippen molar-refractivity contribution in [1.29, 1.82) is 0 Å². The van der Waals surface area contributed by atoms with Gasteiger partial charge in [-0.2, -0.15) is 4.98 Å². The van der Waals surface area contributed by atoms with Crippen LogP contribution in [0, 0.1) is 5.82 Å². The van der Waals surface area contributed by atoms with Crippen molar-refractivity contribution in [2.75, 3.05) is 5.32 Å². The number of hydrogen-bond donors (Lipinski definition) is 1. The molecule has 0 spiro atoms. The molecule has 4 aromatic rings. The lowest BCUT2D eigenvalue weighted by Crippen LogP contribution is -2.12. The lowest BCUT2D eigenvalue weighted by Gasteiger charge is -2.02. The maximum Gasteiger partial charge on any atom is 0.316 e. The normalized spacial score (nSPS) is 10.8. The maximum atomic E-state index is 13.0. The number of aryl methyl sites for hydroxylation is 1. The predicted octanol–water partition coefficient (Wildman–Crippen LogP) is 3.33. The fraction of sp³-hybridized carbons (Fsp3) is 0.150. The molecule has 0 fully saturated rings. The van der Waals surface area contributed by atoms with Gasteiger partial charge >= 0.3 is 11.8 Å². The first kappa shape index (κ1) is 18.5. The van der Waals surface area contributed by atoms with E-state index in [0.717, 1.165) is 12.0 Å². The van der Waals surface area contributed by atoms with E-state index in [0.29, 0.717) is 17.9 Å². The summed E-state index contributed by atoms with van der Waals surface area (Å²) in [4.78, 5) is 16.4. The number of nitrogens with zero attached hydrogens (tertiary/aromatic N) is 5. The molecule has 0 radical (unpaired) electrons. The average Bonchev–Trinajstić information content (AvgIpc) is 3.40. The molecule has 0 aliphatic rings. The van der Waals surface area contributed by atoms with Crippen molar-refractivity contribution >= 4 is 11.6 Å². The van der Waals surface area contributed by atoms with E-state index in [1.54, 1.807) is 23.0 Å². The SMILES string of the molecule is CCc1ccc(NC(=O)c2nc(-c3cn(Cc4ccc(F)cc4)nn3)no2)cc1. The van der Waals surface area contributed by atoms with Crippen molar-refractivity contribution in [3.63, 3.8) is 0 Å². The first-order chi connectivity index (χ1) is 14.1. The Balaban J connectivity index is 1.43. The molecule has 0 aliphatic heterocycles. The molecule has 2 heterocycles. The molecule has 0 atom stereocenters. The molecule has 0 bridgehead atoms. The molecule has 2 aromatic carbocycles. The minimum absolute atomic E-state index is 0.154. The van der Waals surface area contributed by atoms with Crippen LogP contribution in [0.25, 0.3) is 11.5 Å². The van der Waals surface area contributed by atoms with Gasteiger partial charge in [-0.15, -0.1) is 5.10 Å². The van der Waals surface area contributed by atoms with Crippen LogP contribution in [0.4, 0.5) is 10.1 Å². The van der Waals surface area contributed by atoms with Gasteiger partial charge in [-0.25, -0.2) is 9.07 Å². The van der Waals surface area contributed by atoms with Crippen molar-refractivity contribution < 1.29 is 13.7 Å². The van der Waals surface area contributed by atoms with E-state index < -0.39 is 5.91 Å². The number of rotatable bonds is 6. The zero-order valence-electron chi connectivity index (χ0n) is 15.5. The summed E-state index contributed by atoms with van der Waals surface area (Å²) in [6, 6.07) is 13.6. The topological polar surface area (TPSA) is 98.7 Å². The Kier molecular flexibility index (Phi) is 5.10. The molecule has 1 amide bonds. The number of amides is 1. The number of nitrogens with one attached hydrogen (secondary N) is 1. The van der Waals surface area contributed by atoms with E-state index >= 15 is 0 Å². The average molecular weight is 392 g/mol. The van der Waals surface area contributed by atoms with Gasteiger partial charge in [-0.05, 0) is 41.8 Å². The van der Waals surface area contributed by atoms with Crippen LogP contribution < -0.4 is 5.32 Å². The van der Waals surface area contributed by atoms with Crippen molar-refractivity contribution in [1.82, 2.24) is 25.1 Å². The number of carbonyl (C=O) groups is 1.